The first kappa shape index (κ1) is 28.0. The predicted molar refractivity (Wildman–Crippen MR) is 163 cm³/mol. The highest BCUT2D eigenvalue weighted by Crippen LogP contribution is 2.42. The van der Waals surface area contributed by atoms with E-state index in [0.29, 0.717) is 31.6 Å². The van der Waals surface area contributed by atoms with Crippen LogP contribution in [-0.4, -0.2) is 71.1 Å². The van der Waals surface area contributed by atoms with E-state index >= 15 is 0 Å². The van der Waals surface area contributed by atoms with Gasteiger partial charge in [0, 0.05) is 37.6 Å². The molecule has 0 aromatic heterocycles. The topological polar surface area (TPSA) is 84.4 Å². The Bertz CT molecular complexity index is 1500. The third-order valence-corrected chi connectivity index (χ3v) is 9.38. The molecule has 2 fully saturated rings. The molecular weight excluding hydrogens is 528 g/mol. The maximum absolute atomic E-state index is 14.1. The van der Waals surface area contributed by atoms with E-state index < -0.39 is 16.9 Å². The molecule has 0 bridgehead atoms. The minimum Gasteiger partial charge on any atom is -0.478 e. The van der Waals surface area contributed by atoms with Gasteiger partial charge in [0.25, 0.3) is 0 Å². The maximum Gasteiger partial charge on any atom is 0.336 e. The molecule has 0 atom stereocenters. The fraction of sp³-hybridized carbons (Fsp3) is 0.382. The summed E-state index contributed by atoms with van der Waals surface area (Å²) in [4.78, 5) is 47.5. The molecule has 3 aliphatic heterocycles. The van der Waals surface area contributed by atoms with Crippen LogP contribution in [0.1, 0.15) is 54.6 Å². The van der Waals surface area contributed by atoms with Crippen LogP contribution in [0.5, 0.6) is 0 Å². The molecule has 3 heterocycles. The summed E-state index contributed by atoms with van der Waals surface area (Å²) in [7, 11) is 0. The van der Waals surface area contributed by atoms with Crippen molar-refractivity contribution in [3.05, 3.63) is 95.6 Å². The van der Waals surface area contributed by atoms with Crippen LogP contribution in [0.3, 0.4) is 0 Å². The van der Waals surface area contributed by atoms with Crippen molar-refractivity contribution < 1.29 is 19.5 Å². The number of fused-ring (bicyclic) bond motifs is 1. The fourth-order valence-electron chi connectivity index (χ4n) is 7.02. The SMILES string of the molecule is CC1(C)C(=O)N(CCCN2CCC3(CC2)C(=O)N(Cc2ccccc2C(=O)O)CN3c2ccccc2)c2ccccc21. The summed E-state index contributed by atoms with van der Waals surface area (Å²) in [6, 6.07) is 25.0. The van der Waals surface area contributed by atoms with Crippen molar-refractivity contribution in [3.8, 4) is 0 Å². The normalized spacial score (nSPS) is 19.5. The number of carboxylic acid groups (broad SMARTS) is 1. The molecular formula is C34H38N4O4. The third kappa shape index (κ3) is 4.73. The number of piperidine rings is 1. The van der Waals surface area contributed by atoms with Crippen molar-refractivity contribution >= 4 is 29.2 Å². The maximum atomic E-state index is 14.1. The summed E-state index contributed by atoms with van der Waals surface area (Å²) in [6.45, 7) is 7.78. The van der Waals surface area contributed by atoms with E-state index in [2.05, 4.69) is 15.9 Å². The molecule has 1 spiro atoms. The van der Waals surface area contributed by atoms with E-state index in [1.165, 1.54) is 0 Å². The molecule has 0 unspecified atom stereocenters. The van der Waals surface area contributed by atoms with E-state index in [4.69, 9.17) is 0 Å². The summed E-state index contributed by atoms with van der Waals surface area (Å²) in [5.41, 5.74) is 2.81. The van der Waals surface area contributed by atoms with Gasteiger partial charge in [-0.1, -0.05) is 54.6 Å². The number of carboxylic acids is 1. The summed E-state index contributed by atoms with van der Waals surface area (Å²) in [6.07, 6.45) is 2.24. The Kier molecular flexibility index (Phi) is 7.27. The van der Waals surface area contributed by atoms with Crippen molar-refractivity contribution in [2.24, 2.45) is 0 Å². The number of likely N-dealkylation sites (tertiary alicyclic amines) is 1. The quantitative estimate of drug-likeness (QED) is 0.424. The Hall–Kier alpha value is -4.17. The first-order valence-electron chi connectivity index (χ1n) is 14.8. The van der Waals surface area contributed by atoms with Gasteiger partial charge < -0.3 is 24.7 Å². The van der Waals surface area contributed by atoms with Crippen LogP contribution in [0.15, 0.2) is 78.9 Å². The number of hydrogen-bond acceptors (Lipinski definition) is 5. The van der Waals surface area contributed by atoms with Crippen molar-refractivity contribution in [2.45, 2.75) is 50.6 Å². The minimum absolute atomic E-state index is 0.0627. The number of amides is 2. The molecule has 6 rings (SSSR count). The van der Waals surface area contributed by atoms with Gasteiger partial charge in [0.2, 0.25) is 11.8 Å². The van der Waals surface area contributed by atoms with Gasteiger partial charge >= 0.3 is 5.97 Å². The average molecular weight is 567 g/mol. The van der Waals surface area contributed by atoms with Gasteiger partial charge in [0.05, 0.1) is 17.6 Å². The molecule has 0 aliphatic carbocycles. The molecule has 8 heteroatoms. The summed E-state index contributed by atoms with van der Waals surface area (Å²) in [5.74, 6) is -0.767. The van der Waals surface area contributed by atoms with Gasteiger partial charge in [-0.3, -0.25) is 9.59 Å². The average Bonchev–Trinajstić information content (AvgIpc) is 3.37. The monoisotopic (exact) mass is 566 g/mol. The summed E-state index contributed by atoms with van der Waals surface area (Å²) < 4.78 is 0. The van der Waals surface area contributed by atoms with E-state index in [9.17, 15) is 19.5 Å². The van der Waals surface area contributed by atoms with Crippen molar-refractivity contribution in [1.29, 1.82) is 0 Å². The number of carbonyl (C=O) groups is 3. The van der Waals surface area contributed by atoms with Crippen LogP contribution in [0.25, 0.3) is 0 Å². The van der Waals surface area contributed by atoms with Crippen LogP contribution < -0.4 is 9.80 Å². The van der Waals surface area contributed by atoms with E-state index in [-0.39, 0.29) is 23.9 Å². The second kappa shape index (κ2) is 10.9. The third-order valence-electron chi connectivity index (χ3n) is 9.38. The van der Waals surface area contributed by atoms with E-state index in [0.717, 1.165) is 43.0 Å². The zero-order valence-corrected chi connectivity index (χ0v) is 24.3. The predicted octanol–water partition coefficient (Wildman–Crippen LogP) is 4.74. The molecule has 3 aromatic rings. The number of rotatable bonds is 8. The molecule has 0 saturated carbocycles. The molecule has 218 valence electrons. The number of para-hydroxylation sites is 2. The molecule has 42 heavy (non-hydrogen) atoms. The molecule has 0 radical (unpaired) electrons. The largest absolute Gasteiger partial charge is 0.478 e. The summed E-state index contributed by atoms with van der Waals surface area (Å²) >= 11 is 0. The number of anilines is 2. The number of nitrogens with zero attached hydrogens (tertiary/aromatic N) is 4. The van der Waals surface area contributed by atoms with Gasteiger partial charge in [-0.05, 0) is 75.0 Å². The second-order valence-electron chi connectivity index (χ2n) is 12.2. The zero-order chi connectivity index (χ0) is 29.5. The smallest absolute Gasteiger partial charge is 0.336 e. The lowest BCUT2D eigenvalue weighted by Crippen LogP contribution is -2.56. The van der Waals surface area contributed by atoms with Crippen molar-refractivity contribution in [1.82, 2.24) is 9.80 Å². The molecule has 3 aromatic carbocycles. The van der Waals surface area contributed by atoms with Gasteiger partial charge in [-0.2, -0.15) is 0 Å². The van der Waals surface area contributed by atoms with Gasteiger partial charge in [0.15, 0.2) is 0 Å². The lowest BCUT2D eigenvalue weighted by molar-refractivity contribution is -0.134. The van der Waals surface area contributed by atoms with E-state index in [1.807, 2.05) is 78.2 Å². The summed E-state index contributed by atoms with van der Waals surface area (Å²) in [5, 5.41) is 9.69. The number of hydrogen-bond donors (Lipinski definition) is 1. The molecule has 2 amide bonds. The zero-order valence-electron chi connectivity index (χ0n) is 24.3. The first-order chi connectivity index (χ1) is 20.2. The number of benzene rings is 3. The first-order valence-corrected chi connectivity index (χ1v) is 14.8. The van der Waals surface area contributed by atoms with Crippen LogP contribution in [0.4, 0.5) is 11.4 Å². The van der Waals surface area contributed by atoms with Crippen LogP contribution in [-0.2, 0) is 21.5 Å². The van der Waals surface area contributed by atoms with Gasteiger partial charge in [0.1, 0.15) is 5.54 Å². The van der Waals surface area contributed by atoms with Crippen molar-refractivity contribution in [3.63, 3.8) is 0 Å². The van der Waals surface area contributed by atoms with Crippen LogP contribution in [0, 0.1) is 0 Å². The molecule has 8 nitrogen and oxygen atoms in total. The molecule has 3 aliphatic rings. The van der Waals surface area contributed by atoms with Crippen LogP contribution >= 0.6 is 0 Å². The Morgan fingerprint density at radius 3 is 2.24 bits per heavy atom. The van der Waals surface area contributed by atoms with Gasteiger partial charge in [-0.15, -0.1) is 0 Å². The molecule has 2 saturated heterocycles. The Labute approximate surface area is 247 Å². The van der Waals surface area contributed by atoms with Crippen molar-refractivity contribution in [2.75, 3.05) is 42.6 Å². The van der Waals surface area contributed by atoms with Gasteiger partial charge in [-0.25, -0.2) is 4.79 Å². The highest BCUT2D eigenvalue weighted by Gasteiger charge is 2.53. The van der Waals surface area contributed by atoms with E-state index in [1.54, 1.807) is 18.2 Å². The molecule has 1 N–H and O–H groups in total. The Morgan fingerprint density at radius 2 is 1.50 bits per heavy atom. The number of aromatic carboxylic acids is 1. The lowest BCUT2D eigenvalue weighted by atomic mass is 9.85. The second-order valence-corrected chi connectivity index (χ2v) is 12.2. The number of carbonyl (C=O) groups excluding carboxylic acids is 2. The minimum atomic E-state index is -0.983. The lowest BCUT2D eigenvalue weighted by Gasteiger charge is -2.43. The highest BCUT2D eigenvalue weighted by atomic mass is 16.4. The van der Waals surface area contributed by atoms with Crippen LogP contribution in [0.2, 0.25) is 0 Å². The standard InChI is InChI=1S/C34H38N4O4/c1-33(2)28-15-8-9-16-29(28)37(31(33)41)20-10-19-35-21-17-34(18-22-35)32(42)36(24-38(34)26-12-4-3-5-13-26)23-25-11-6-7-14-27(25)30(39)40/h3-9,11-16H,10,17-24H2,1-2H3,(H,39,40). The Balaban J connectivity index is 1.14. The fourth-order valence-corrected chi connectivity index (χ4v) is 7.02. The highest BCUT2D eigenvalue weighted by molar-refractivity contribution is 6.07. The Morgan fingerprint density at radius 1 is 0.833 bits per heavy atom.